The minimum atomic E-state index is -0.475. The van der Waals surface area contributed by atoms with E-state index in [9.17, 15) is 9.59 Å². The first-order valence-corrected chi connectivity index (χ1v) is 12.4. The number of carbonyl (C=O) groups is 2. The van der Waals surface area contributed by atoms with Crippen molar-refractivity contribution in [1.82, 2.24) is 4.98 Å². The van der Waals surface area contributed by atoms with Gasteiger partial charge in [-0.15, -0.1) is 22.7 Å². The molecule has 1 unspecified atom stereocenters. The molecular formula is C23H27N5O2S2. The summed E-state index contributed by atoms with van der Waals surface area (Å²) in [6.07, 6.45) is 3.12. The third-order valence-corrected chi connectivity index (χ3v) is 7.70. The van der Waals surface area contributed by atoms with Gasteiger partial charge in [-0.1, -0.05) is 6.07 Å². The van der Waals surface area contributed by atoms with Gasteiger partial charge in [-0.25, -0.2) is 4.98 Å². The van der Waals surface area contributed by atoms with Crippen LogP contribution in [0.25, 0.3) is 9.88 Å². The van der Waals surface area contributed by atoms with E-state index in [1.165, 1.54) is 11.3 Å². The highest BCUT2D eigenvalue weighted by atomic mass is 32.1. The van der Waals surface area contributed by atoms with Crippen molar-refractivity contribution >= 4 is 45.9 Å². The Bertz CT molecular complexity index is 1110. The summed E-state index contributed by atoms with van der Waals surface area (Å²) >= 11 is 3.04. The molecule has 3 heterocycles. The van der Waals surface area contributed by atoms with Crippen LogP contribution in [0.4, 0.5) is 11.4 Å². The van der Waals surface area contributed by atoms with Gasteiger partial charge in [-0.2, -0.15) is 0 Å². The third-order valence-electron chi connectivity index (χ3n) is 5.82. The van der Waals surface area contributed by atoms with Gasteiger partial charge in [0.2, 0.25) is 5.91 Å². The van der Waals surface area contributed by atoms with Gasteiger partial charge in [0.25, 0.3) is 5.91 Å². The quantitative estimate of drug-likeness (QED) is 0.482. The second-order valence-corrected chi connectivity index (χ2v) is 9.81. The number of nitrogens with one attached hydrogen (secondary N) is 1. The summed E-state index contributed by atoms with van der Waals surface area (Å²) in [5.74, 6) is -0.259. The highest BCUT2D eigenvalue weighted by molar-refractivity contribution is 7.20. The molecule has 0 radical (unpaired) electrons. The molecule has 1 aliphatic rings. The first-order chi connectivity index (χ1) is 15.5. The van der Waals surface area contributed by atoms with E-state index in [1.807, 2.05) is 24.4 Å². The van der Waals surface area contributed by atoms with E-state index in [0.29, 0.717) is 29.4 Å². The molecule has 2 aromatic heterocycles. The van der Waals surface area contributed by atoms with Gasteiger partial charge in [-0.05, 0) is 67.8 Å². The van der Waals surface area contributed by atoms with Gasteiger partial charge in [0.1, 0.15) is 10.7 Å². The van der Waals surface area contributed by atoms with Crippen molar-refractivity contribution in [2.24, 2.45) is 17.4 Å². The minimum absolute atomic E-state index is 0.271. The van der Waals surface area contributed by atoms with Crippen LogP contribution in [-0.2, 0) is 0 Å². The summed E-state index contributed by atoms with van der Waals surface area (Å²) in [6, 6.07) is 7.39. The number of nitrogens with zero attached hydrogens (tertiary/aromatic N) is 2. The van der Waals surface area contributed by atoms with Crippen molar-refractivity contribution < 1.29 is 9.59 Å². The van der Waals surface area contributed by atoms with E-state index in [4.69, 9.17) is 11.5 Å². The molecule has 0 spiro atoms. The Kier molecular flexibility index (Phi) is 6.88. The van der Waals surface area contributed by atoms with Crippen molar-refractivity contribution in [2.75, 3.05) is 29.9 Å². The molecule has 1 aliphatic heterocycles. The fourth-order valence-electron chi connectivity index (χ4n) is 4.29. The lowest BCUT2D eigenvalue weighted by Gasteiger charge is -2.36. The fraction of sp³-hybridized carbons (Fsp3) is 0.348. The summed E-state index contributed by atoms with van der Waals surface area (Å²) in [4.78, 5) is 32.8. The molecule has 0 bridgehead atoms. The number of carbonyl (C=O) groups excluding carboxylic acids is 2. The molecule has 1 saturated heterocycles. The van der Waals surface area contributed by atoms with Crippen molar-refractivity contribution in [3.8, 4) is 9.88 Å². The van der Waals surface area contributed by atoms with Crippen LogP contribution in [-0.4, -0.2) is 36.4 Å². The third kappa shape index (κ3) is 4.69. The molecule has 1 aromatic carbocycles. The number of anilines is 2. The van der Waals surface area contributed by atoms with Crippen LogP contribution < -0.4 is 21.7 Å². The number of hydrogen-bond acceptors (Lipinski definition) is 7. The van der Waals surface area contributed by atoms with Gasteiger partial charge in [0.05, 0.1) is 16.3 Å². The van der Waals surface area contributed by atoms with Gasteiger partial charge >= 0.3 is 0 Å². The Morgan fingerprint density at radius 2 is 2.12 bits per heavy atom. The molecule has 4 rings (SSSR count). The van der Waals surface area contributed by atoms with Crippen LogP contribution >= 0.6 is 22.7 Å². The number of nitrogens with two attached hydrogens (primary N) is 2. The zero-order valence-electron chi connectivity index (χ0n) is 18.0. The molecule has 2 amide bonds. The first kappa shape index (κ1) is 22.4. The highest BCUT2D eigenvalue weighted by Gasteiger charge is 2.26. The molecule has 32 heavy (non-hydrogen) atoms. The average Bonchev–Trinajstić information content (AvgIpc) is 3.46. The number of hydrogen-bond donors (Lipinski definition) is 3. The maximum atomic E-state index is 13.0. The predicted molar refractivity (Wildman–Crippen MR) is 132 cm³/mol. The number of thiazole rings is 1. The van der Waals surface area contributed by atoms with Crippen molar-refractivity contribution in [2.45, 2.75) is 26.2 Å². The molecule has 0 saturated carbocycles. The van der Waals surface area contributed by atoms with Crippen LogP contribution in [0.15, 0.2) is 35.0 Å². The summed E-state index contributed by atoms with van der Waals surface area (Å²) in [5.41, 5.74) is 14.5. The van der Waals surface area contributed by atoms with Crippen LogP contribution in [0.3, 0.4) is 0 Å². The lowest BCUT2D eigenvalue weighted by Crippen LogP contribution is -2.37. The second-order valence-electron chi connectivity index (χ2n) is 8.00. The number of primary amides is 1. The lowest BCUT2D eigenvalue weighted by molar-refractivity contribution is 0.0997. The van der Waals surface area contributed by atoms with Crippen molar-refractivity contribution in [3.63, 3.8) is 0 Å². The molecule has 1 fully saturated rings. The van der Waals surface area contributed by atoms with E-state index in [0.717, 1.165) is 53.5 Å². The van der Waals surface area contributed by atoms with Crippen LogP contribution in [0.2, 0.25) is 0 Å². The molecule has 3 aromatic rings. The number of amides is 2. The average molecular weight is 470 g/mol. The Morgan fingerprint density at radius 3 is 2.84 bits per heavy atom. The number of piperidine rings is 1. The van der Waals surface area contributed by atoms with Gasteiger partial charge in [-0.3, -0.25) is 9.59 Å². The molecule has 168 valence electrons. The van der Waals surface area contributed by atoms with Crippen molar-refractivity contribution in [3.05, 3.63) is 51.8 Å². The SMILES string of the molecule is Cc1c(C(N)=O)ccc(NC(=O)c2csc(-c3cccs3)n2)c1N1CCCC(CCN)C1. The smallest absolute Gasteiger partial charge is 0.275 e. The minimum Gasteiger partial charge on any atom is -0.369 e. The summed E-state index contributed by atoms with van der Waals surface area (Å²) in [7, 11) is 0. The van der Waals surface area contributed by atoms with Gasteiger partial charge in [0, 0.05) is 24.0 Å². The Labute approximate surface area is 195 Å². The monoisotopic (exact) mass is 469 g/mol. The maximum absolute atomic E-state index is 13.0. The molecular weight excluding hydrogens is 442 g/mol. The maximum Gasteiger partial charge on any atom is 0.275 e. The number of rotatable bonds is 7. The van der Waals surface area contributed by atoms with E-state index >= 15 is 0 Å². The van der Waals surface area contributed by atoms with E-state index < -0.39 is 5.91 Å². The van der Waals surface area contributed by atoms with E-state index in [1.54, 1.807) is 28.8 Å². The number of benzene rings is 1. The standard InChI is InChI=1S/C23H27N5O2S2/c1-14-16(21(25)29)6-7-17(20(14)28-10-2-4-15(12-28)8-9-24)26-22(30)18-13-32-23(27-18)19-5-3-11-31-19/h3,5-7,11,13,15H,2,4,8-10,12,24H2,1H3,(H2,25,29)(H,26,30). The Balaban J connectivity index is 1.64. The van der Waals surface area contributed by atoms with E-state index in [-0.39, 0.29) is 5.91 Å². The Morgan fingerprint density at radius 1 is 1.28 bits per heavy atom. The largest absolute Gasteiger partial charge is 0.369 e. The van der Waals surface area contributed by atoms with Gasteiger partial charge < -0.3 is 21.7 Å². The molecule has 9 heteroatoms. The summed E-state index contributed by atoms with van der Waals surface area (Å²) < 4.78 is 0. The van der Waals surface area contributed by atoms with E-state index in [2.05, 4.69) is 15.2 Å². The van der Waals surface area contributed by atoms with Crippen LogP contribution in [0.1, 0.15) is 45.7 Å². The molecule has 1 atom stereocenters. The molecule has 7 nitrogen and oxygen atoms in total. The zero-order chi connectivity index (χ0) is 22.7. The Hall–Kier alpha value is -2.75. The summed E-state index contributed by atoms with van der Waals surface area (Å²) in [5, 5.41) is 7.61. The van der Waals surface area contributed by atoms with Crippen molar-refractivity contribution in [1.29, 1.82) is 0 Å². The van der Waals surface area contributed by atoms with Crippen LogP contribution in [0, 0.1) is 12.8 Å². The topological polar surface area (TPSA) is 114 Å². The number of thiophene rings is 1. The highest BCUT2D eigenvalue weighted by Crippen LogP contribution is 2.36. The van der Waals surface area contributed by atoms with Gasteiger partial charge in [0.15, 0.2) is 0 Å². The normalized spacial score (nSPS) is 16.2. The molecule has 5 N–H and O–H groups in total. The first-order valence-electron chi connectivity index (χ1n) is 10.7. The molecule has 0 aliphatic carbocycles. The second kappa shape index (κ2) is 9.81. The lowest BCUT2D eigenvalue weighted by atomic mass is 9.93. The van der Waals surface area contributed by atoms with Crippen LogP contribution in [0.5, 0.6) is 0 Å². The number of aromatic nitrogens is 1. The summed E-state index contributed by atoms with van der Waals surface area (Å²) in [6.45, 7) is 4.22. The predicted octanol–water partition coefficient (Wildman–Crippen LogP) is 4.10. The zero-order valence-corrected chi connectivity index (χ0v) is 19.6. The fourth-order valence-corrected chi connectivity index (χ4v) is 5.91.